The van der Waals surface area contributed by atoms with Crippen LogP contribution in [0.5, 0.6) is 5.75 Å². The molecular formula is C29H20ClN3O2. The van der Waals surface area contributed by atoms with E-state index in [2.05, 4.69) is 28.4 Å². The van der Waals surface area contributed by atoms with Gasteiger partial charge in [0.1, 0.15) is 11.3 Å². The van der Waals surface area contributed by atoms with E-state index in [4.69, 9.17) is 26.0 Å². The summed E-state index contributed by atoms with van der Waals surface area (Å²) in [5.74, 6) is 1.64. The SMILES string of the molecule is Clc1ccc(C2=NN3[C@H](C2)c2ccccc2O[C@H]3c2ccc3noc(-c4ccccc4)c3c2)cc1. The molecule has 2 aliphatic heterocycles. The standard InChI is InChI=1S/C29H20ClN3O2/c30-21-13-10-18(11-14-21)25-17-26-22-8-4-5-9-27(22)34-29(33(26)31-25)20-12-15-24-23(16-20)28(35-32-24)19-6-2-1-3-7-19/h1-16,26,29H,17H2/t26-,29+/m1/s1. The van der Waals surface area contributed by atoms with Crippen molar-refractivity contribution in [2.75, 3.05) is 0 Å². The average molecular weight is 478 g/mol. The highest BCUT2D eigenvalue weighted by Gasteiger charge is 2.41. The molecule has 7 rings (SSSR count). The van der Waals surface area contributed by atoms with Crippen molar-refractivity contribution in [2.24, 2.45) is 5.10 Å². The molecule has 0 N–H and O–H groups in total. The van der Waals surface area contributed by atoms with Crippen LogP contribution >= 0.6 is 11.6 Å². The van der Waals surface area contributed by atoms with Gasteiger partial charge in [0.05, 0.1) is 17.1 Å². The fraction of sp³-hybridized carbons (Fsp3) is 0.103. The zero-order valence-electron chi connectivity index (χ0n) is 18.6. The Morgan fingerprint density at radius 2 is 1.63 bits per heavy atom. The highest BCUT2D eigenvalue weighted by atomic mass is 35.5. The molecule has 2 atom stereocenters. The van der Waals surface area contributed by atoms with Crippen LogP contribution in [0.2, 0.25) is 5.02 Å². The van der Waals surface area contributed by atoms with Crippen molar-refractivity contribution in [3.8, 4) is 17.1 Å². The van der Waals surface area contributed by atoms with Crippen molar-refractivity contribution in [2.45, 2.75) is 18.7 Å². The number of nitrogens with zero attached hydrogens (tertiary/aromatic N) is 3. The molecule has 2 aliphatic rings. The molecule has 0 saturated heterocycles. The number of rotatable bonds is 3. The molecule has 0 aliphatic carbocycles. The number of aromatic nitrogens is 1. The second kappa shape index (κ2) is 8.00. The molecule has 1 aromatic heterocycles. The minimum atomic E-state index is -0.373. The summed E-state index contributed by atoms with van der Waals surface area (Å²) in [6, 6.07) is 32.4. The Morgan fingerprint density at radius 3 is 2.49 bits per heavy atom. The van der Waals surface area contributed by atoms with Crippen LogP contribution in [0.3, 0.4) is 0 Å². The van der Waals surface area contributed by atoms with E-state index in [9.17, 15) is 0 Å². The fourth-order valence-corrected chi connectivity index (χ4v) is 5.11. The number of ether oxygens (including phenoxy) is 1. The minimum absolute atomic E-state index is 0.0855. The number of benzene rings is 4. The van der Waals surface area contributed by atoms with E-state index in [1.807, 2.05) is 78.9 Å². The number of fused-ring (bicyclic) bond motifs is 4. The molecule has 0 radical (unpaired) electrons. The topological polar surface area (TPSA) is 50.9 Å². The Hall–Kier alpha value is -4.09. The second-order valence-electron chi connectivity index (χ2n) is 8.82. The maximum Gasteiger partial charge on any atom is 0.213 e. The molecule has 5 nitrogen and oxygen atoms in total. The molecule has 170 valence electrons. The summed E-state index contributed by atoms with van der Waals surface area (Å²) in [5, 5.41) is 13.1. The van der Waals surface area contributed by atoms with Crippen molar-refractivity contribution in [3.05, 3.63) is 119 Å². The van der Waals surface area contributed by atoms with E-state index in [0.717, 1.165) is 56.8 Å². The van der Waals surface area contributed by atoms with E-state index in [-0.39, 0.29) is 12.3 Å². The molecule has 5 aromatic rings. The predicted molar refractivity (Wildman–Crippen MR) is 136 cm³/mol. The van der Waals surface area contributed by atoms with Gasteiger partial charge in [-0.1, -0.05) is 83.5 Å². The largest absolute Gasteiger partial charge is 0.464 e. The first kappa shape index (κ1) is 20.3. The van der Waals surface area contributed by atoms with Gasteiger partial charge in [-0.2, -0.15) is 5.10 Å². The Bertz CT molecular complexity index is 1580. The van der Waals surface area contributed by atoms with Crippen LogP contribution in [0.15, 0.2) is 107 Å². The van der Waals surface area contributed by atoms with E-state index in [1.165, 1.54) is 0 Å². The van der Waals surface area contributed by atoms with Crippen LogP contribution in [-0.4, -0.2) is 15.9 Å². The van der Waals surface area contributed by atoms with Gasteiger partial charge >= 0.3 is 0 Å². The Kier molecular flexibility index (Phi) is 4.64. The van der Waals surface area contributed by atoms with Gasteiger partial charge in [-0.15, -0.1) is 0 Å². The van der Waals surface area contributed by atoms with Gasteiger partial charge in [-0.25, -0.2) is 5.01 Å². The van der Waals surface area contributed by atoms with Gasteiger partial charge < -0.3 is 9.26 Å². The first-order chi connectivity index (χ1) is 17.2. The molecule has 0 fully saturated rings. The normalized spacial score (nSPS) is 18.7. The summed E-state index contributed by atoms with van der Waals surface area (Å²) in [4.78, 5) is 0. The van der Waals surface area contributed by atoms with E-state index < -0.39 is 0 Å². The summed E-state index contributed by atoms with van der Waals surface area (Å²) < 4.78 is 12.3. The van der Waals surface area contributed by atoms with Gasteiger partial charge in [0, 0.05) is 28.1 Å². The van der Waals surface area contributed by atoms with Crippen molar-refractivity contribution in [3.63, 3.8) is 0 Å². The molecular weight excluding hydrogens is 458 g/mol. The lowest BCUT2D eigenvalue weighted by atomic mass is 9.95. The highest BCUT2D eigenvalue weighted by Crippen LogP contribution is 2.48. The van der Waals surface area contributed by atoms with Crippen LogP contribution in [0.4, 0.5) is 0 Å². The third-order valence-electron chi connectivity index (χ3n) is 6.70. The molecule has 0 spiro atoms. The zero-order chi connectivity index (χ0) is 23.4. The van der Waals surface area contributed by atoms with E-state index in [0.29, 0.717) is 5.02 Å². The fourth-order valence-electron chi connectivity index (χ4n) is 4.98. The Morgan fingerprint density at radius 1 is 0.829 bits per heavy atom. The lowest BCUT2D eigenvalue weighted by molar-refractivity contribution is -0.0189. The smallest absolute Gasteiger partial charge is 0.213 e. The van der Waals surface area contributed by atoms with Gasteiger partial charge in [0.15, 0.2) is 5.76 Å². The summed E-state index contributed by atoms with van der Waals surface area (Å²) in [7, 11) is 0. The number of halogens is 1. The maximum atomic E-state index is 6.55. The van der Waals surface area contributed by atoms with Gasteiger partial charge in [-0.05, 0) is 35.9 Å². The van der Waals surface area contributed by atoms with Crippen LogP contribution in [-0.2, 0) is 0 Å². The molecule has 0 unspecified atom stereocenters. The first-order valence-electron chi connectivity index (χ1n) is 11.6. The number of hydrogen-bond donors (Lipinski definition) is 0. The van der Waals surface area contributed by atoms with Gasteiger partial charge in [0.25, 0.3) is 0 Å². The third kappa shape index (κ3) is 3.39. The maximum absolute atomic E-state index is 6.55. The van der Waals surface area contributed by atoms with Crippen molar-refractivity contribution < 1.29 is 9.26 Å². The summed E-state index contributed by atoms with van der Waals surface area (Å²) in [6.07, 6.45) is 0.422. The minimum Gasteiger partial charge on any atom is -0.464 e. The van der Waals surface area contributed by atoms with Crippen molar-refractivity contribution >= 4 is 28.2 Å². The van der Waals surface area contributed by atoms with Crippen LogP contribution in [0.1, 0.15) is 35.4 Å². The van der Waals surface area contributed by atoms with Crippen LogP contribution in [0.25, 0.3) is 22.2 Å². The average Bonchev–Trinajstić information content (AvgIpc) is 3.54. The van der Waals surface area contributed by atoms with Crippen LogP contribution < -0.4 is 4.74 Å². The quantitative estimate of drug-likeness (QED) is 0.272. The summed E-state index contributed by atoms with van der Waals surface area (Å²) in [5.41, 5.74) is 6.04. The molecule has 3 heterocycles. The third-order valence-corrected chi connectivity index (χ3v) is 6.95. The van der Waals surface area contributed by atoms with Crippen molar-refractivity contribution in [1.29, 1.82) is 0 Å². The first-order valence-corrected chi connectivity index (χ1v) is 11.9. The summed E-state index contributed by atoms with van der Waals surface area (Å²) in [6.45, 7) is 0. The van der Waals surface area contributed by atoms with Crippen molar-refractivity contribution in [1.82, 2.24) is 10.2 Å². The molecule has 0 bridgehead atoms. The molecule has 0 amide bonds. The lowest BCUT2D eigenvalue weighted by Crippen LogP contribution is -2.33. The molecule has 0 saturated carbocycles. The predicted octanol–water partition coefficient (Wildman–Crippen LogP) is 7.39. The van der Waals surface area contributed by atoms with Crippen LogP contribution in [0, 0.1) is 0 Å². The number of hydrazone groups is 1. The molecule has 35 heavy (non-hydrogen) atoms. The van der Waals surface area contributed by atoms with E-state index in [1.54, 1.807) is 0 Å². The van der Waals surface area contributed by atoms with E-state index >= 15 is 0 Å². The lowest BCUT2D eigenvalue weighted by Gasteiger charge is -2.38. The Labute approximate surface area is 207 Å². The number of para-hydroxylation sites is 1. The highest BCUT2D eigenvalue weighted by molar-refractivity contribution is 6.30. The molecule has 4 aromatic carbocycles. The number of hydrogen-bond acceptors (Lipinski definition) is 5. The summed E-state index contributed by atoms with van der Waals surface area (Å²) >= 11 is 6.12. The Balaban J connectivity index is 1.34. The van der Waals surface area contributed by atoms with Gasteiger partial charge in [-0.3, -0.25) is 0 Å². The molecule has 6 heteroatoms. The van der Waals surface area contributed by atoms with Gasteiger partial charge in [0.2, 0.25) is 6.23 Å². The monoisotopic (exact) mass is 477 g/mol. The zero-order valence-corrected chi connectivity index (χ0v) is 19.4. The second-order valence-corrected chi connectivity index (χ2v) is 9.25.